The summed E-state index contributed by atoms with van der Waals surface area (Å²) in [4.78, 5) is 16.0. The third kappa shape index (κ3) is 4.27. The van der Waals surface area contributed by atoms with Gasteiger partial charge in [0.1, 0.15) is 0 Å². The van der Waals surface area contributed by atoms with Crippen LogP contribution in [0.4, 0.5) is 10.5 Å². The molecule has 106 valence electrons. The first-order valence-electron chi connectivity index (χ1n) is 6.28. The van der Waals surface area contributed by atoms with Crippen molar-refractivity contribution in [2.24, 2.45) is 7.05 Å². The zero-order chi connectivity index (χ0) is 14.4. The highest BCUT2D eigenvalue weighted by Crippen LogP contribution is 2.16. The largest absolute Gasteiger partial charge is 0.334 e. The Labute approximate surface area is 122 Å². The molecule has 0 aliphatic carbocycles. The summed E-state index contributed by atoms with van der Waals surface area (Å²) >= 11 is 1.66. The maximum atomic E-state index is 11.7. The number of pyridine rings is 1. The van der Waals surface area contributed by atoms with Crippen LogP contribution in [0, 0.1) is 0 Å². The number of nitrogens with one attached hydrogen (secondary N) is 2. The maximum absolute atomic E-state index is 11.7. The van der Waals surface area contributed by atoms with Crippen LogP contribution in [0.2, 0.25) is 0 Å². The van der Waals surface area contributed by atoms with E-state index in [1.165, 1.54) is 0 Å². The number of anilines is 1. The van der Waals surface area contributed by atoms with E-state index in [0.717, 1.165) is 16.3 Å². The normalized spacial score (nSPS) is 10.3. The van der Waals surface area contributed by atoms with Crippen LogP contribution in [0.3, 0.4) is 0 Å². The van der Waals surface area contributed by atoms with Gasteiger partial charge in [0, 0.05) is 25.4 Å². The van der Waals surface area contributed by atoms with E-state index in [2.05, 4.69) is 27.6 Å². The van der Waals surface area contributed by atoms with Crippen molar-refractivity contribution in [2.45, 2.75) is 18.5 Å². The van der Waals surface area contributed by atoms with Crippen molar-refractivity contribution in [2.75, 3.05) is 11.1 Å². The van der Waals surface area contributed by atoms with E-state index in [4.69, 9.17) is 0 Å². The number of carbonyl (C=O) groups excluding carboxylic acids is 1. The van der Waals surface area contributed by atoms with E-state index in [9.17, 15) is 4.79 Å². The minimum Gasteiger partial charge on any atom is -0.334 e. The number of aryl methyl sites for hydroxylation is 1. The van der Waals surface area contributed by atoms with Gasteiger partial charge < -0.3 is 10.6 Å². The average molecular weight is 291 g/mol. The first-order valence-corrected chi connectivity index (χ1v) is 7.27. The highest BCUT2D eigenvalue weighted by atomic mass is 32.2. The molecule has 0 bridgehead atoms. The quantitative estimate of drug-likeness (QED) is 0.829. The van der Waals surface area contributed by atoms with Crippen molar-refractivity contribution in [1.29, 1.82) is 0 Å². The summed E-state index contributed by atoms with van der Waals surface area (Å²) in [6.07, 6.45) is 5.23. The fraction of sp³-hybridized carbons (Fsp3) is 0.308. The highest BCUT2D eigenvalue weighted by Gasteiger charge is 2.03. The Bertz CT molecular complexity index is 566. The number of hydrogen-bond donors (Lipinski definition) is 2. The monoisotopic (exact) mass is 291 g/mol. The molecule has 2 N–H and O–H groups in total. The van der Waals surface area contributed by atoms with Crippen molar-refractivity contribution in [3.05, 3.63) is 36.3 Å². The molecule has 0 aromatic carbocycles. The van der Waals surface area contributed by atoms with Crippen molar-refractivity contribution >= 4 is 23.5 Å². The molecule has 0 spiro atoms. The van der Waals surface area contributed by atoms with Gasteiger partial charge in [-0.1, -0.05) is 6.92 Å². The summed E-state index contributed by atoms with van der Waals surface area (Å²) in [5.41, 5.74) is 1.63. The maximum Gasteiger partial charge on any atom is 0.319 e. The summed E-state index contributed by atoms with van der Waals surface area (Å²) in [5, 5.41) is 10.5. The van der Waals surface area contributed by atoms with E-state index in [1.807, 2.05) is 25.4 Å². The third-order valence-corrected chi connectivity index (χ3v) is 3.32. The Morgan fingerprint density at radius 2 is 2.25 bits per heavy atom. The number of aromatic nitrogens is 3. The van der Waals surface area contributed by atoms with Crippen LogP contribution in [0.1, 0.15) is 12.5 Å². The number of carbonyl (C=O) groups is 1. The number of nitrogens with zero attached hydrogens (tertiary/aromatic N) is 3. The van der Waals surface area contributed by atoms with Crippen LogP contribution in [0.5, 0.6) is 0 Å². The lowest BCUT2D eigenvalue weighted by atomic mass is 10.3. The van der Waals surface area contributed by atoms with Gasteiger partial charge >= 0.3 is 6.03 Å². The Morgan fingerprint density at radius 3 is 2.85 bits per heavy atom. The SMILES string of the molecule is CCSc1ccc(NC(=O)NCc2cnn(C)c2)cn1. The first kappa shape index (κ1) is 14.4. The van der Waals surface area contributed by atoms with Gasteiger partial charge in [-0.15, -0.1) is 11.8 Å². The average Bonchev–Trinajstić information content (AvgIpc) is 2.85. The second-order valence-corrected chi connectivity index (χ2v) is 5.43. The molecule has 6 nitrogen and oxygen atoms in total. The van der Waals surface area contributed by atoms with Crippen LogP contribution in [0.15, 0.2) is 35.7 Å². The molecule has 0 atom stereocenters. The minimum absolute atomic E-state index is 0.258. The summed E-state index contributed by atoms with van der Waals surface area (Å²) in [6.45, 7) is 2.52. The van der Waals surface area contributed by atoms with Crippen molar-refractivity contribution < 1.29 is 4.79 Å². The number of thioether (sulfide) groups is 1. The molecule has 0 aliphatic rings. The molecule has 0 radical (unpaired) electrons. The van der Waals surface area contributed by atoms with Gasteiger partial charge in [0.15, 0.2) is 0 Å². The van der Waals surface area contributed by atoms with E-state index in [-0.39, 0.29) is 6.03 Å². The molecule has 2 rings (SSSR count). The van der Waals surface area contributed by atoms with Crippen LogP contribution < -0.4 is 10.6 Å². The van der Waals surface area contributed by atoms with Crippen LogP contribution >= 0.6 is 11.8 Å². The predicted octanol–water partition coefficient (Wildman–Crippen LogP) is 2.25. The molecule has 2 amide bonds. The van der Waals surface area contributed by atoms with Crippen molar-refractivity contribution in [3.63, 3.8) is 0 Å². The second kappa shape index (κ2) is 6.95. The zero-order valence-corrected chi connectivity index (χ0v) is 12.3. The first-order chi connectivity index (χ1) is 9.67. The fourth-order valence-electron chi connectivity index (χ4n) is 1.61. The van der Waals surface area contributed by atoms with Crippen LogP contribution in [-0.4, -0.2) is 26.5 Å². The van der Waals surface area contributed by atoms with Gasteiger partial charge in [-0.3, -0.25) is 4.68 Å². The lowest BCUT2D eigenvalue weighted by molar-refractivity contribution is 0.251. The number of rotatable bonds is 5. The Kier molecular flexibility index (Phi) is 5.00. The number of amides is 2. The highest BCUT2D eigenvalue weighted by molar-refractivity contribution is 7.99. The summed E-state index contributed by atoms with van der Waals surface area (Å²) < 4.78 is 1.70. The van der Waals surface area contributed by atoms with E-state index in [0.29, 0.717) is 12.2 Å². The van der Waals surface area contributed by atoms with Gasteiger partial charge in [-0.05, 0) is 17.9 Å². The lowest BCUT2D eigenvalue weighted by Gasteiger charge is -2.06. The predicted molar refractivity (Wildman–Crippen MR) is 79.7 cm³/mol. The topological polar surface area (TPSA) is 71.8 Å². The summed E-state index contributed by atoms with van der Waals surface area (Å²) in [6, 6.07) is 3.48. The van der Waals surface area contributed by atoms with Gasteiger partial charge in [-0.2, -0.15) is 5.10 Å². The molecule has 2 heterocycles. The van der Waals surface area contributed by atoms with Gasteiger partial charge in [-0.25, -0.2) is 9.78 Å². The minimum atomic E-state index is -0.258. The molecule has 2 aromatic heterocycles. The third-order valence-electron chi connectivity index (χ3n) is 2.50. The molecular weight excluding hydrogens is 274 g/mol. The van der Waals surface area contributed by atoms with Crippen molar-refractivity contribution in [1.82, 2.24) is 20.1 Å². The molecule has 7 heteroatoms. The smallest absolute Gasteiger partial charge is 0.319 e. The van der Waals surface area contributed by atoms with E-state index >= 15 is 0 Å². The lowest BCUT2D eigenvalue weighted by Crippen LogP contribution is -2.28. The Morgan fingerprint density at radius 1 is 1.40 bits per heavy atom. The Balaban J connectivity index is 1.81. The van der Waals surface area contributed by atoms with Crippen LogP contribution in [0.25, 0.3) is 0 Å². The van der Waals surface area contributed by atoms with E-state index < -0.39 is 0 Å². The van der Waals surface area contributed by atoms with E-state index in [1.54, 1.807) is 28.8 Å². The van der Waals surface area contributed by atoms with Crippen molar-refractivity contribution in [3.8, 4) is 0 Å². The molecule has 0 fully saturated rings. The fourth-order valence-corrected chi connectivity index (χ4v) is 2.20. The van der Waals surface area contributed by atoms with Crippen LogP contribution in [-0.2, 0) is 13.6 Å². The standard InChI is InChI=1S/C13H17N5OS/c1-3-20-12-5-4-11(8-14-12)17-13(19)15-6-10-7-16-18(2)9-10/h4-5,7-9H,3,6H2,1-2H3,(H2,15,17,19). The molecule has 0 aliphatic heterocycles. The molecule has 0 saturated heterocycles. The summed E-state index contributed by atoms with van der Waals surface area (Å²) in [5.74, 6) is 0.978. The zero-order valence-electron chi connectivity index (χ0n) is 11.5. The molecule has 20 heavy (non-hydrogen) atoms. The van der Waals surface area contributed by atoms with Gasteiger partial charge in [0.25, 0.3) is 0 Å². The Hall–Kier alpha value is -2.02. The molecule has 0 saturated carbocycles. The molecular formula is C13H17N5OS. The number of urea groups is 1. The number of hydrogen-bond acceptors (Lipinski definition) is 4. The van der Waals surface area contributed by atoms with Gasteiger partial charge in [0.2, 0.25) is 0 Å². The van der Waals surface area contributed by atoms with Gasteiger partial charge in [0.05, 0.1) is 23.1 Å². The molecule has 0 unspecified atom stereocenters. The summed E-state index contributed by atoms with van der Waals surface area (Å²) in [7, 11) is 1.84. The second-order valence-electron chi connectivity index (χ2n) is 4.15. The molecule has 2 aromatic rings.